The van der Waals surface area contributed by atoms with Gasteiger partial charge in [-0.25, -0.2) is 0 Å². The Balaban J connectivity index is 1.15. The van der Waals surface area contributed by atoms with Gasteiger partial charge in [0.15, 0.2) is 0 Å². The van der Waals surface area contributed by atoms with Crippen LogP contribution in [-0.4, -0.2) is 45.4 Å². The number of nitrogens with one attached hydrogen (secondary N) is 2. The van der Waals surface area contributed by atoms with Gasteiger partial charge in [-0.3, -0.25) is 9.59 Å². The van der Waals surface area contributed by atoms with Crippen molar-refractivity contribution in [3.05, 3.63) is 81.8 Å². The van der Waals surface area contributed by atoms with Crippen molar-refractivity contribution < 1.29 is 19.1 Å². The third-order valence-corrected chi connectivity index (χ3v) is 8.57. The van der Waals surface area contributed by atoms with Crippen molar-refractivity contribution in [1.82, 2.24) is 20.4 Å². The number of ether oxygens (including phenoxy) is 2. The van der Waals surface area contributed by atoms with Gasteiger partial charge in [-0.1, -0.05) is 59.1 Å². The van der Waals surface area contributed by atoms with Crippen LogP contribution in [0.5, 0.6) is 11.5 Å². The first-order valence-electron chi connectivity index (χ1n) is 14.9. The number of allylic oxidation sites excluding steroid dienone is 2. The average Bonchev–Trinajstić information content (AvgIpc) is 3.66. The second-order valence-corrected chi connectivity index (χ2v) is 12.5. The normalized spacial score (nSPS) is 17.0. The Morgan fingerprint density at radius 3 is 1.43 bits per heavy atom. The summed E-state index contributed by atoms with van der Waals surface area (Å²) in [6, 6.07) is 15.3. The Morgan fingerprint density at radius 1 is 0.568 bits per heavy atom. The summed E-state index contributed by atoms with van der Waals surface area (Å²) in [5.41, 5.74) is 1.81. The highest BCUT2D eigenvalue weighted by molar-refractivity contribution is 7.15. The second kappa shape index (κ2) is 16.6. The first kappa shape index (κ1) is 31.3. The molecule has 2 N–H and O–H groups in total. The molecule has 3 aliphatic rings. The minimum Gasteiger partial charge on any atom is -0.494 e. The fourth-order valence-electron chi connectivity index (χ4n) is 4.49. The summed E-state index contributed by atoms with van der Waals surface area (Å²) in [7, 11) is 0. The van der Waals surface area contributed by atoms with E-state index >= 15 is 0 Å². The molecular weight excluding hydrogens is 597 g/mol. The van der Waals surface area contributed by atoms with Crippen molar-refractivity contribution in [2.24, 2.45) is 0 Å². The van der Waals surface area contributed by atoms with E-state index in [0.717, 1.165) is 84.0 Å². The number of hydrogen-bond acceptors (Lipinski definition) is 10. The topological polar surface area (TPSA) is 128 Å². The molecule has 230 valence electrons. The average molecular weight is 633 g/mol. The highest BCUT2D eigenvalue weighted by Gasteiger charge is 2.12. The summed E-state index contributed by atoms with van der Waals surface area (Å²) in [4.78, 5) is 25.1. The number of hydrogen-bond donors (Lipinski definition) is 2. The van der Waals surface area contributed by atoms with E-state index in [9.17, 15) is 9.59 Å². The number of benzene rings is 2. The minimum absolute atomic E-state index is 0.131. The van der Waals surface area contributed by atoms with Crippen LogP contribution in [0.4, 0.5) is 10.3 Å². The van der Waals surface area contributed by atoms with Gasteiger partial charge in [0.05, 0.1) is 26.1 Å². The van der Waals surface area contributed by atoms with Crippen molar-refractivity contribution in [3.63, 3.8) is 0 Å². The highest BCUT2D eigenvalue weighted by atomic mass is 32.1. The molecule has 0 saturated carbocycles. The number of nitrogens with zero attached hydrogens (tertiary/aromatic N) is 4. The number of anilines is 2. The molecule has 2 amide bonds. The zero-order valence-corrected chi connectivity index (χ0v) is 26.1. The summed E-state index contributed by atoms with van der Waals surface area (Å²) < 4.78 is 11.7. The second-order valence-electron chi connectivity index (χ2n) is 10.4. The standard InChI is InChI=1S/C32H36N6O4S2/c39-27-21-23-11-15-25(16-12-23)41-19-7-3-1-2-4-8-20-42-26-17-13-24(14-18-26)22-28(40)34-32-38-36-30(44-32)10-6-5-9-29-35-37-31(33-27)43-29/h1-2,11-18H,3-10,19-22H2,(H,33,37,39)(H,34,38,40)/b2-1-. The van der Waals surface area contributed by atoms with Crippen molar-refractivity contribution in [2.45, 2.75) is 64.2 Å². The van der Waals surface area contributed by atoms with E-state index in [2.05, 4.69) is 43.2 Å². The molecule has 0 saturated heterocycles. The molecule has 0 spiro atoms. The number of aryl methyl sites for hydroxylation is 2. The maximum atomic E-state index is 12.5. The van der Waals surface area contributed by atoms with Crippen LogP contribution >= 0.6 is 22.7 Å². The molecule has 2 aromatic carbocycles. The van der Waals surface area contributed by atoms with Crippen molar-refractivity contribution in [2.75, 3.05) is 23.8 Å². The molecule has 5 heterocycles. The molecule has 0 radical (unpaired) electrons. The SMILES string of the molecule is O=C1Cc2ccc(cc2)OCCC/C=C\CCCOc2ccc(cc2)CC(=O)Nc2nnc(s2)CCCCc2nnc(s2)N1. The van der Waals surface area contributed by atoms with Crippen LogP contribution in [-0.2, 0) is 35.3 Å². The van der Waals surface area contributed by atoms with Gasteiger partial charge in [-0.05, 0) is 73.9 Å². The van der Waals surface area contributed by atoms with Gasteiger partial charge in [-0.15, -0.1) is 20.4 Å². The minimum atomic E-state index is -0.131. The van der Waals surface area contributed by atoms with Gasteiger partial charge < -0.3 is 20.1 Å². The molecule has 44 heavy (non-hydrogen) atoms. The van der Waals surface area contributed by atoms with Crippen molar-refractivity contribution in [1.29, 1.82) is 0 Å². The first-order valence-corrected chi connectivity index (χ1v) is 16.6. The monoisotopic (exact) mass is 632 g/mol. The molecule has 0 atom stereocenters. The molecular formula is C32H36N6O4S2. The summed E-state index contributed by atoms with van der Waals surface area (Å²) in [5, 5.41) is 25.2. The highest BCUT2D eigenvalue weighted by Crippen LogP contribution is 2.21. The lowest BCUT2D eigenvalue weighted by Crippen LogP contribution is -2.14. The van der Waals surface area contributed by atoms with Crippen LogP contribution < -0.4 is 20.1 Å². The largest absolute Gasteiger partial charge is 0.494 e. The van der Waals surface area contributed by atoms with Gasteiger partial charge in [0.25, 0.3) is 0 Å². The molecule has 4 aromatic rings. The number of carbonyl (C=O) groups is 2. The Hall–Kier alpha value is -4.16. The van der Waals surface area contributed by atoms with Crippen LogP contribution in [0.15, 0.2) is 60.7 Å². The number of rotatable bonds is 0. The van der Waals surface area contributed by atoms with E-state index in [0.29, 0.717) is 23.5 Å². The molecule has 0 unspecified atom stereocenters. The summed E-state index contributed by atoms with van der Waals surface area (Å²) >= 11 is 2.79. The Bertz CT molecular complexity index is 1400. The predicted octanol–water partition coefficient (Wildman–Crippen LogP) is 6.21. The van der Waals surface area contributed by atoms with Gasteiger partial charge in [0.1, 0.15) is 21.5 Å². The quantitative estimate of drug-likeness (QED) is 0.219. The van der Waals surface area contributed by atoms with E-state index in [4.69, 9.17) is 9.47 Å². The van der Waals surface area contributed by atoms with Crippen LogP contribution in [0.25, 0.3) is 0 Å². The van der Waals surface area contributed by atoms with Crippen LogP contribution in [0.3, 0.4) is 0 Å². The fourth-order valence-corrected chi connectivity index (χ4v) is 6.08. The van der Waals surface area contributed by atoms with Crippen LogP contribution in [0.2, 0.25) is 0 Å². The van der Waals surface area contributed by atoms with E-state index in [-0.39, 0.29) is 24.7 Å². The van der Waals surface area contributed by atoms with Gasteiger partial charge >= 0.3 is 0 Å². The van der Waals surface area contributed by atoms with Crippen molar-refractivity contribution in [3.8, 4) is 11.5 Å². The molecule has 7 rings (SSSR count). The van der Waals surface area contributed by atoms with E-state index in [1.165, 1.54) is 22.7 Å². The third kappa shape index (κ3) is 10.5. The van der Waals surface area contributed by atoms with E-state index < -0.39 is 0 Å². The summed E-state index contributed by atoms with van der Waals surface area (Å²) in [6.45, 7) is 1.26. The summed E-state index contributed by atoms with van der Waals surface area (Å²) in [5.74, 6) is 1.33. The summed E-state index contributed by atoms with van der Waals surface area (Å²) in [6.07, 6.45) is 11.9. The lowest BCUT2D eigenvalue weighted by molar-refractivity contribution is -0.116. The van der Waals surface area contributed by atoms with Gasteiger partial charge in [-0.2, -0.15) is 0 Å². The smallest absolute Gasteiger partial charge is 0.230 e. The molecule has 2 aromatic heterocycles. The molecule has 3 aliphatic heterocycles. The van der Waals surface area contributed by atoms with E-state index in [1.54, 1.807) is 0 Å². The number of fused-ring (bicyclic) bond motifs is 2. The number of amides is 2. The zero-order chi connectivity index (χ0) is 30.4. The zero-order valence-electron chi connectivity index (χ0n) is 24.5. The Kier molecular flexibility index (Phi) is 11.8. The third-order valence-electron chi connectivity index (χ3n) is 6.77. The molecule has 12 heteroatoms. The van der Waals surface area contributed by atoms with Crippen LogP contribution in [0, 0.1) is 0 Å². The Morgan fingerprint density at radius 2 is 1.00 bits per heavy atom. The fraction of sp³-hybridized carbons (Fsp3) is 0.375. The van der Waals surface area contributed by atoms with Gasteiger partial charge in [0.2, 0.25) is 22.1 Å². The van der Waals surface area contributed by atoms with Crippen LogP contribution in [0.1, 0.15) is 59.7 Å². The number of carbonyl (C=O) groups excluding carboxylic acids is 2. The molecule has 0 fully saturated rings. The lowest BCUT2D eigenvalue weighted by atomic mass is 10.1. The first-order chi connectivity index (χ1) is 21.6. The Labute approximate surface area is 264 Å². The predicted molar refractivity (Wildman–Crippen MR) is 173 cm³/mol. The molecule has 10 nitrogen and oxygen atoms in total. The van der Waals surface area contributed by atoms with Crippen molar-refractivity contribution >= 4 is 44.8 Å². The molecule has 0 aliphatic carbocycles. The maximum Gasteiger partial charge on any atom is 0.230 e. The number of aromatic nitrogens is 4. The van der Waals surface area contributed by atoms with Gasteiger partial charge in [0, 0.05) is 12.8 Å². The maximum absolute atomic E-state index is 12.5. The molecule has 8 bridgehead atoms. The van der Waals surface area contributed by atoms with E-state index in [1.807, 2.05) is 48.5 Å². The lowest BCUT2D eigenvalue weighted by Gasteiger charge is -2.07.